The molecule has 2 aromatic rings. The fourth-order valence-electron chi connectivity index (χ4n) is 3.09. The Bertz CT molecular complexity index is 712. The van der Waals surface area contributed by atoms with Gasteiger partial charge in [0.25, 0.3) is 0 Å². The predicted octanol–water partition coefficient (Wildman–Crippen LogP) is 3.41. The molecule has 0 N–H and O–H groups in total. The van der Waals surface area contributed by atoms with E-state index in [0.717, 1.165) is 43.9 Å². The molecule has 5 heteroatoms. The summed E-state index contributed by atoms with van der Waals surface area (Å²) in [4.78, 5) is 16.6. The highest BCUT2D eigenvalue weighted by atomic mass is 35.5. The first-order valence-corrected chi connectivity index (χ1v) is 8.97. The number of halogens is 2. The zero-order valence-corrected chi connectivity index (χ0v) is 14.9. The van der Waals surface area contributed by atoms with Crippen LogP contribution >= 0.6 is 11.6 Å². The fraction of sp³-hybridized carbons (Fsp3) is 0.350. The summed E-state index contributed by atoms with van der Waals surface area (Å²) in [6.45, 7) is 3.94. The first kappa shape index (κ1) is 17.9. The molecule has 3 rings (SSSR count). The lowest BCUT2D eigenvalue weighted by molar-refractivity contribution is -0.132. The second kappa shape index (κ2) is 8.45. The van der Waals surface area contributed by atoms with Gasteiger partial charge in [0.1, 0.15) is 5.82 Å². The molecule has 1 saturated heterocycles. The van der Waals surface area contributed by atoms with E-state index in [9.17, 15) is 9.18 Å². The third kappa shape index (κ3) is 5.03. The fourth-order valence-corrected chi connectivity index (χ4v) is 3.22. The predicted molar refractivity (Wildman–Crippen MR) is 98.3 cm³/mol. The maximum absolute atomic E-state index is 13.7. The summed E-state index contributed by atoms with van der Waals surface area (Å²) < 4.78 is 13.7. The number of nitrogens with zero attached hydrogens (tertiary/aromatic N) is 2. The summed E-state index contributed by atoms with van der Waals surface area (Å²) in [5.74, 6) is 0.00959. The number of hydrogen-bond donors (Lipinski definition) is 0. The summed E-state index contributed by atoms with van der Waals surface area (Å²) in [6.07, 6.45) is 1.11. The van der Waals surface area contributed by atoms with Gasteiger partial charge in [-0.3, -0.25) is 9.69 Å². The van der Waals surface area contributed by atoms with Crippen molar-refractivity contribution in [3.8, 4) is 0 Å². The van der Waals surface area contributed by atoms with Crippen LogP contribution in [0.15, 0.2) is 48.5 Å². The second-order valence-electron chi connectivity index (χ2n) is 6.37. The van der Waals surface area contributed by atoms with Crippen LogP contribution in [0.1, 0.15) is 11.1 Å². The summed E-state index contributed by atoms with van der Waals surface area (Å²) in [6, 6.07) is 14.3. The molecule has 1 heterocycles. The maximum Gasteiger partial charge on any atom is 0.227 e. The smallest absolute Gasteiger partial charge is 0.227 e. The number of hydrogen-bond acceptors (Lipinski definition) is 2. The van der Waals surface area contributed by atoms with Crippen molar-refractivity contribution in [2.75, 3.05) is 32.7 Å². The minimum atomic E-state index is -0.140. The molecule has 0 saturated carbocycles. The molecule has 0 bridgehead atoms. The number of carbonyl (C=O) groups is 1. The molecule has 25 heavy (non-hydrogen) atoms. The third-order valence-electron chi connectivity index (χ3n) is 4.65. The maximum atomic E-state index is 13.7. The van der Waals surface area contributed by atoms with E-state index in [0.29, 0.717) is 17.9 Å². The van der Waals surface area contributed by atoms with Gasteiger partial charge < -0.3 is 4.90 Å². The van der Waals surface area contributed by atoms with E-state index in [2.05, 4.69) is 4.90 Å². The van der Waals surface area contributed by atoms with Crippen molar-refractivity contribution >= 4 is 17.5 Å². The van der Waals surface area contributed by atoms with E-state index in [1.807, 2.05) is 41.3 Å². The van der Waals surface area contributed by atoms with Gasteiger partial charge in [-0.15, -0.1) is 0 Å². The lowest BCUT2D eigenvalue weighted by Crippen LogP contribution is -2.49. The van der Waals surface area contributed by atoms with Crippen LogP contribution in [-0.4, -0.2) is 48.4 Å². The molecule has 0 aliphatic carbocycles. The minimum absolute atomic E-state index is 0.140. The van der Waals surface area contributed by atoms with Crippen molar-refractivity contribution in [1.82, 2.24) is 9.80 Å². The first-order chi connectivity index (χ1) is 12.1. The molecule has 0 atom stereocenters. The van der Waals surface area contributed by atoms with Crippen molar-refractivity contribution in [3.63, 3.8) is 0 Å². The number of benzene rings is 2. The van der Waals surface area contributed by atoms with E-state index >= 15 is 0 Å². The minimum Gasteiger partial charge on any atom is -0.340 e. The van der Waals surface area contributed by atoms with Crippen LogP contribution in [0.5, 0.6) is 0 Å². The van der Waals surface area contributed by atoms with Gasteiger partial charge in [-0.25, -0.2) is 4.39 Å². The largest absolute Gasteiger partial charge is 0.340 e. The van der Waals surface area contributed by atoms with E-state index in [4.69, 9.17) is 11.6 Å². The van der Waals surface area contributed by atoms with Gasteiger partial charge in [0.05, 0.1) is 6.42 Å². The normalized spacial score (nSPS) is 15.4. The van der Waals surface area contributed by atoms with Crippen LogP contribution in [-0.2, 0) is 17.6 Å². The average Bonchev–Trinajstić information content (AvgIpc) is 2.63. The van der Waals surface area contributed by atoms with Gasteiger partial charge in [-0.1, -0.05) is 41.9 Å². The van der Waals surface area contributed by atoms with Crippen molar-refractivity contribution in [2.45, 2.75) is 12.8 Å². The van der Waals surface area contributed by atoms with Crippen LogP contribution in [0.3, 0.4) is 0 Å². The van der Waals surface area contributed by atoms with E-state index in [1.165, 1.54) is 6.07 Å². The Morgan fingerprint density at radius 3 is 2.36 bits per heavy atom. The molecule has 3 nitrogen and oxygen atoms in total. The Morgan fingerprint density at radius 2 is 1.68 bits per heavy atom. The second-order valence-corrected chi connectivity index (χ2v) is 6.80. The number of carbonyl (C=O) groups excluding carboxylic acids is 1. The topological polar surface area (TPSA) is 23.6 Å². The van der Waals surface area contributed by atoms with Gasteiger partial charge in [0.2, 0.25) is 5.91 Å². The molecular formula is C20H22ClFN2O. The van der Waals surface area contributed by atoms with Crippen molar-refractivity contribution in [1.29, 1.82) is 0 Å². The summed E-state index contributed by atoms with van der Waals surface area (Å²) >= 11 is 5.87. The molecule has 1 fully saturated rings. The highest BCUT2D eigenvalue weighted by Gasteiger charge is 2.21. The summed E-state index contributed by atoms with van der Waals surface area (Å²) in [5.41, 5.74) is 1.74. The Morgan fingerprint density at radius 1 is 1.00 bits per heavy atom. The van der Waals surface area contributed by atoms with Gasteiger partial charge in [-0.2, -0.15) is 0 Å². The third-order valence-corrected chi connectivity index (χ3v) is 4.90. The first-order valence-electron chi connectivity index (χ1n) is 8.60. The Kier molecular flexibility index (Phi) is 6.05. The molecule has 0 radical (unpaired) electrons. The molecular weight excluding hydrogens is 339 g/mol. The summed E-state index contributed by atoms with van der Waals surface area (Å²) in [7, 11) is 0. The van der Waals surface area contributed by atoms with Crippen LogP contribution in [0, 0.1) is 5.82 Å². The van der Waals surface area contributed by atoms with E-state index < -0.39 is 0 Å². The van der Waals surface area contributed by atoms with Crippen molar-refractivity contribution in [3.05, 3.63) is 70.5 Å². The lowest BCUT2D eigenvalue weighted by atomic mass is 10.1. The number of piperazine rings is 1. The van der Waals surface area contributed by atoms with Crippen LogP contribution in [0.4, 0.5) is 4.39 Å². The van der Waals surface area contributed by atoms with Crippen molar-refractivity contribution in [2.24, 2.45) is 0 Å². The van der Waals surface area contributed by atoms with E-state index in [-0.39, 0.29) is 11.7 Å². The molecule has 132 valence electrons. The number of amides is 1. The van der Waals surface area contributed by atoms with Crippen molar-refractivity contribution < 1.29 is 9.18 Å². The van der Waals surface area contributed by atoms with E-state index in [1.54, 1.807) is 6.07 Å². The molecule has 0 spiro atoms. The van der Waals surface area contributed by atoms with Crippen LogP contribution < -0.4 is 0 Å². The molecule has 0 unspecified atom stereocenters. The Balaban J connectivity index is 1.44. The Hall–Kier alpha value is -1.91. The lowest BCUT2D eigenvalue weighted by Gasteiger charge is -2.34. The molecule has 1 aliphatic rings. The zero-order valence-electron chi connectivity index (χ0n) is 14.1. The summed E-state index contributed by atoms with van der Waals surface area (Å²) in [5, 5.41) is 0.680. The highest BCUT2D eigenvalue weighted by Crippen LogP contribution is 2.13. The van der Waals surface area contributed by atoms with Gasteiger partial charge in [-0.05, 0) is 35.7 Å². The zero-order chi connectivity index (χ0) is 17.6. The Labute approximate surface area is 153 Å². The van der Waals surface area contributed by atoms with Crippen LogP contribution in [0.2, 0.25) is 5.02 Å². The average molecular weight is 361 g/mol. The molecule has 2 aromatic carbocycles. The SMILES string of the molecule is O=C(Cc1ccc(Cl)cc1)N1CCN(CCc2ccccc2F)CC1. The quantitative estimate of drug-likeness (QED) is 0.815. The molecule has 0 aromatic heterocycles. The molecule has 1 amide bonds. The van der Waals surface area contributed by atoms with Gasteiger partial charge >= 0.3 is 0 Å². The highest BCUT2D eigenvalue weighted by molar-refractivity contribution is 6.30. The number of rotatable bonds is 5. The van der Waals surface area contributed by atoms with Gasteiger partial charge in [0, 0.05) is 37.7 Å². The van der Waals surface area contributed by atoms with Gasteiger partial charge in [0.15, 0.2) is 0 Å². The molecule has 1 aliphatic heterocycles. The van der Waals surface area contributed by atoms with Crippen LogP contribution in [0.25, 0.3) is 0 Å². The monoisotopic (exact) mass is 360 g/mol. The standard InChI is InChI=1S/C20H22ClFN2O/c21-18-7-5-16(6-8-18)15-20(25)24-13-11-23(12-14-24)10-9-17-3-1-2-4-19(17)22/h1-8H,9-15H2.